The van der Waals surface area contributed by atoms with Crippen molar-refractivity contribution in [3.8, 4) is 11.1 Å². The smallest absolute Gasteiger partial charge is 0.308 e. The van der Waals surface area contributed by atoms with E-state index >= 15 is 0 Å². The summed E-state index contributed by atoms with van der Waals surface area (Å²) >= 11 is 12.7. The van der Waals surface area contributed by atoms with Gasteiger partial charge in [-0.2, -0.15) is 4.31 Å². The minimum atomic E-state index is -4.43. The van der Waals surface area contributed by atoms with E-state index in [1.165, 1.54) is 28.1 Å². The number of aromatic nitrogens is 4. The molecule has 51 heavy (non-hydrogen) atoms. The maximum absolute atomic E-state index is 14.6. The average molecular weight is 753 g/mol. The molecule has 4 heterocycles. The van der Waals surface area contributed by atoms with E-state index in [-0.39, 0.29) is 40.4 Å². The lowest BCUT2D eigenvalue weighted by Gasteiger charge is -2.32. The highest BCUT2D eigenvalue weighted by Gasteiger charge is 2.53. The number of benzene rings is 2. The third-order valence-electron chi connectivity index (χ3n) is 10.1. The predicted octanol–water partition coefficient (Wildman–Crippen LogP) is 5.20. The van der Waals surface area contributed by atoms with E-state index in [4.69, 9.17) is 23.2 Å². The van der Waals surface area contributed by atoms with Crippen molar-refractivity contribution in [1.29, 1.82) is 0 Å². The van der Waals surface area contributed by atoms with Crippen LogP contribution in [-0.4, -0.2) is 73.8 Å². The number of imidazole rings is 1. The zero-order valence-electron chi connectivity index (χ0n) is 27.6. The third-order valence-corrected chi connectivity index (χ3v) is 12.4. The van der Waals surface area contributed by atoms with E-state index in [1.54, 1.807) is 31.5 Å². The molecule has 0 spiro atoms. The number of nitrogens with one attached hydrogen (secondary N) is 1. The second-order valence-electron chi connectivity index (χ2n) is 13.4. The molecule has 2 aliphatic heterocycles. The molecule has 1 unspecified atom stereocenters. The Balaban J connectivity index is 1.26. The molecule has 7 rings (SSSR count). The van der Waals surface area contributed by atoms with Gasteiger partial charge in [0, 0.05) is 47.0 Å². The van der Waals surface area contributed by atoms with E-state index in [9.17, 15) is 27.9 Å². The minimum Gasteiger partial charge on any atom is -0.481 e. The summed E-state index contributed by atoms with van der Waals surface area (Å²) in [5.41, 5.74) is 1.25. The van der Waals surface area contributed by atoms with Gasteiger partial charge in [-0.1, -0.05) is 60.3 Å². The number of anilines is 2. The molecule has 1 saturated carbocycles. The van der Waals surface area contributed by atoms with Crippen LogP contribution in [0.1, 0.15) is 51.0 Å². The van der Waals surface area contributed by atoms with Gasteiger partial charge in [0.15, 0.2) is 5.03 Å². The summed E-state index contributed by atoms with van der Waals surface area (Å²) in [5, 5.41) is 12.9. The summed E-state index contributed by atoms with van der Waals surface area (Å²) in [5.74, 6) is -2.64. The second kappa shape index (κ2) is 13.6. The van der Waals surface area contributed by atoms with E-state index in [1.807, 2.05) is 24.3 Å². The van der Waals surface area contributed by atoms with Crippen LogP contribution in [0.5, 0.6) is 0 Å². The molecule has 2 N–H and O–H groups in total. The molecule has 13 nitrogen and oxygen atoms in total. The van der Waals surface area contributed by atoms with Gasteiger partial charge in [0.2, 0.25) is 11.9 Å². The Morgan fingerprint density at radius 3 is 2.33 bits per heavy atom. The van der Waals surface area contributed by atoms with Gasteiger partial charge >= 0.3 is 5.97 Å². The van der Waals surface area contributed by atoms with Crippen molar-refractivity contribution in [1.82, 2.24) is 29.1 Å². The molecular weight excluding hydrogens is 717 g/mol. The summed E-state index contributed by atoms with van der Waals surface area (Å²) < 4.78 is 31.9. The molecule has 2 fully saturated rings. The van der Waals surface area contributed by atoms with Gasteiger partial charge in [-0.05, 0) is 61.9 Å². The molecule has 2 aromatic heterocycles. The first-order valence-electron chi connectivity index (χ1n) is 16.7. The molecule has 2 aromatic carbocycles. The number of fused-ring (bicyclic) bond motifs is 1. The quantitative estimate of drug-likeness (QED) is 0.234. The third kappa shape index (κ3) is 6.39. The lowest BCUT2D eigenvalue weighted by molar-refractivity contribution is -0.144. The fourth-order valence-corrected chi connectivity index (χ4v) is 9.92. The predicted molar refractivity (Wildman–Crippen MR) is 189 cm³/mol. The van der Waals surface area contributed by atoms with Crippen molar-refractivity contribution in [3.63, 3.8) is 0 Å². The highest BCUT2D eigenvalue weighted by Crippen LogP contribution is 2.45. The highest BCUT2D eigenvalue weighted by atomic mass is 35.5. The van der Waals surface area contributed by atoms with Crippen molar-refractivity contribution >= 4 is 62.6 Å². The Morgan fingerprint density at radius 2 is 1.65 bits per heavy atom. The Labute approximate surface area is 304 Å². The van der Waals surface area contributed by atoms with Crippen molar-refractivity contribution < 1.29 is 27.9 Å². The van der Waals surface area contributed by atoms with E-state index in [0.717, 1.165) is 33.8 Å². The number of carbonyl (C=O) groups is 3. The number of halogens is 2. The maximum Gasteiger partial charge on any atom is 0.308 e. The van der Waals surface area contributed by atoms with Crippen LogP contribution in [0.15, 0.2) is 72.4 Å². The van der Waals surface area contributed by atoms with Crippen LogP contribution >= 0.6 is 23.2 Å². The van der Waals surface area contributed by atoms with Crippen LogP contribution in [-0.2, 0) is 36.4 Å². The molecule has 4 aromatic rings. The van der Waals surface area contributed by atoms with Crippen LogP contribution in [0.4, 0.5) is 11.6 Å². The maximum atomic E-state index is 14.6. The molecule has 1 saturated heterocycles. The van der Waals surface area contributed by atoms with Gasteiger partial charge in [-0.3, -0.25) is 19.0 Å². The number of carboxylic acid groups (broad SMARTS) is 1. The summed E-state index contributed by atoms with van der Waals surface area (Å²) in [4.78, 5) is 54.1. The Bertz CT molecular complexity index is 2090. The highest BCUT2D eigenvalue weighted by molar-refractivity contribution is 7.89. The number of rotatable bonds is 9. The van der Waals surface area contributed by atoms with Crippen molar-refractivity contribution in [3.05, 3.63) is 83.0 Å². The number of aliphatic carboxylic acids is 1. The lowest BCUT2D eigenvalue weighted by Crippen LogP contribution is -2.52. The Hall–Kier alpha value is -4.37. The largest absolute Gasteiger partial charge is 0.481 e. The van der Waals surface area contributed by atoms with Crippen molar-refractivity contribution in [2.24, 2.45) is 5.92 Å². The number of sulfonamides is 1. The molecule has 3 aliphatic rings. The van der Waals surface area contributed by atoms with Crippen LogP contribution in [0.25, 0.3) is 11.1 Å². The van der Waals surface area contributed by atoms with Gasteiger partial charge in [0.25, 0.3) is 15.9 Å². The molecule has 1 aliphatic carbocycles. The second-order valence-corrected chi connectivity index (χ2v) is 16.1. The summed E-state index contributed by atoms with van der Waals surface area (Å²) in [7, 11) is -4.43. The summed E-state index contributed by atoms with van der Waals surface area (Å²) in [6.07, 6.45) is 9.29. The number of hydrogen-bond donors (Lipinski definition) is 2. The molecule has 16 heteroatoms. The van der Waals surface area contributed by atoms with Crippen LogP contribution in [0.2, 0.25) is 10.0 Å². The van der Waals surface area contributed by atoms with Crippen LogP contribution in [0, 0.1) is 5.92 Å². The number of carbonyl (C=O) groups excluding carboxylic acids is 2. The molecule has 266 valence electrons. The number of carboxylic acids is 1. The Kier molecular flexibility index (Phi) is 9.37. The molecule has 4 atom stereocenters. The molecule has 0 bridgehead atoms. The topological polar surface area (TPSA) is 168 Å². The normalized spacial score (nSPS) is 23.7. The number of nitrogens with zero attached hydrogens (tertiary/aromatic N) is 6. The number of amides is 2. The van der Waals surface area contributed by atoms with Gasteiger partial charge in [0.05, 0.1) is 17.8 Å². The summed E-state index contributed by atoms with van der Waals surface area (Å²) in [6.45, 7) is 1.73. The molecule has 2 amide bonds. The van der Waals surface area contributed by atoms with E-state index in [0.29, 0.717) is 24.9 Å². The molecular formula is C35H35Cl2N7O6S. The van der Waals surface area contributed by atoms with Gasteiger partial charge in [0.1, 0.15) is 17.9 Å². The number of hydrogen-bond acceptors (Lipinski definition) is 8. The molecule has 0 radical (unpaired) electrons. The Morgan fingerprint density at radius 1 is 0.961 bits per heavy atom. The SMILES string of the molecule is C[C@@]1(Cc2ccc(-c3cncnc3)cc2)C(=O)N(c2cc(Cl)cc(Cl)c2)c2ncc(S(=O)(=O)N3CCC[C@H]3C(=O)NC3CCCC[C@@H]3C(=O)O)n21. The first-order valence-corrected chi connectivity index (χ1v) is 18.9. The van der Waals surface area contributed by atoms with E-state index in [2.05, 4.69) is 20.3 Å². The zero-order chi connectivity index (χ0) is 36.1. The first kappa shape index (κ1) is 35.1. The zero-order valence-corrected chi connectivity index (χ0v) is 29.9. The van der Waals surface area contributed by atoms with Gasteiger partial charge < -0.3 is 10.4 Å². The minimum absolute atomic E-state index is 0.0594. The van der Waals surface area contributed by atoms with E-state index < -0.39 is 51.3 Å². The summed E-state index contributed by atoms with van der Waals surface area (Å²) in [6, 6.07) is 10.5. The monoisotopic (exact) mass is 751 g/mol. The standard InChI is InChI=1S/C35H35Cl2N7O6S/c1-35(16-21-8-10-22(11-9-21)23-17-38-20-39-18-23)33(48)43(26-14-24(36)13-25(37)15-26)34-40-19-30(44(34)35)51(49,50)42-12-4-7-29(42)31(45)41-28-6-3-2-5-27(28)32(46)47/h8-11,13-15,17-20,27-29H,2-7,12,16H2,1H3,(H,41,45)(H,46,47)/t27-,28?,29-,35+/m0/s1. The van der Waals surface area contributed by atoms with Crippen molar-refractivity contribution in [2.75, 3.05) is 11.4 Å². The van der Waals surface area contributed by atoms with Crippen LogP contribution in [0.3, 0.4) is 0 Å². The van der Waals surface area contributed by atoms with Crippen LogP contribution < -0.4 is 10.2 Å². The fourth-order valence-electron chi connectivity index (χ4n) is 7.56. The lowest BCUT2D eigenvalue weighted by atomic mass is 9.84. The first-order chi connectivity index (χ1) is 24.4. The average Bonchev–Trinajstić information content (AvgIpc) is 3.83. The van der Waals surface area contributed by atoms with Crippen molar-refractivity contribution in [2.45, 2.75) is 74.5 Å². The fraction of sp³-hybridized carbons (Fsp3) is 0.371. The van der Waals surface area contributed by atoms with Gasteiger partial charge in [-0.15, -0.1) is 0 Å². The van der Waals surface area contributed by atoms with Gasteiger partial charge in [-0.25, -0.2) is 28.3 Å².